The number of hydrogen-bond acceptors (Lipinski definition) is 3. The smallest absolute Gasteiger partial charge is 0.414 e. The molecule has 1 amide bonds. The van der Waals surface area contributed by atoms with Crippen molar-refractivity contribution in [2.45, 2.75) is 52.2 Å². The highest BCUT2D eigenvalue weighted by Crippen LogP contribution is 2.33. The number of fused-ring (bicyclic) bond motifs is 1. The van der Waals surface area contributed by atoms with E-state index in [1.165, 1.54) is 5.56 Å². The van der Waals surface area contributed by atoms with Crippen molar-refractivity contribution in [1.29, 1.82) is 0 Å². The molecule has 0 radical (unpaired) electrons. The summed E-state index contributed by atoms with van der Waals surface area (Å²) in [6.45, 7) is 7.95. The minimum atomic E-state index is -0.484. The Morgan fingerprint density at radius 3 is 2.91 bits per heavy atom. The third-order valence-electron chi connectivity index (χ3n) is 3.68. The van der Waals surface area contributed by atoms with Gasteiger partial charge >= 0.3 is 6.09 Å². The van der Waals surface area contributed by atoms with Gasteiger partial charge in [-0.05, 0) is 51.3 Å². The quantitative estimate of drug-likeness (QED) is 0.668. The number of amides is 1. The van der Waals surface area contributed by atoms with E-state index in [1.807, 2.05) is 20.8 Å². The molecule has 0 aromatic heterocycles. The average Bonchev–Trinajstić information content (AvgIpc) is 2.90. The van der Waals surface area contributed by atoms with Crippen LogP contribution in [0.2, 0.25) is 0 Å². The van der Waals surface area contributed by atoms with E-state index < -0.39 is 5.60 Å². The lowest BCUT2D eigenvalue weighted by molar-refractivity contribution is 0.0583. The summed E-state index contributed by atoms with van der Waals surface area (Å²) in [5.41, 5.74) is 2.86. The molecule has 0 bridgehead atoms. The lowest BCUT2D eigenvalue weighted by Crippen LogP contribution is -2.36. The first-order valence-electron chi connectivity index (χ1n) is 8.18. The molecule has 0 atom stereocenters. The van der Waals surface area contributed by atoms with Crippen LogP contribution in [-0.4, -0.2) is 24.8 Å². The lowest BCUT2D eigenvalue weighted by Gasteiger charge is -2.26. The Kier molecular flexibility index (Phi) is 5.68. The number of benzene rings is 1. The van der Waals surface area contributed by atoms with Crippen LogP contribution in [0.1, 0.15) is 44.7 Å². The summed E-state index contributed by atoms with van der Waals surface area (Å²) in [5, 5.41) is 3.40. The summed E-state index contributed by atoms with van der Waals surface area (Å²) in [5.74, 6) is 2.64. The van der Waals surface area contributed by atoms with E-state index in [0.717, 1.165) is 43.6 Å². The van der Waals surface area contributed by atoms with Gasteiger partial charge < -0.3 is 10.1 Å². The molecule has 1 aliphatic rings. The molecule has 1 heterocycles. The van der Waals surface area contributed by atoms with Gasteiger partial charge in [-0.15, -0.1) is 12.3 Å². The molecule has 1 N–H and O–H groups in total. The third-order valence-corrected chi connectivity index (χ3v) is 3.68. The molecule has 0 saturated heterocycles. The molecular weight excluding hydrogens is 288 g/mol. The molecule has 23 heavy (non-hydrogen) atoms. The Hall–Kier alpha value is -1.99. The van der Waals surface area contributed by atoms with Crippen LogP contribution in [-0.2, 0) is 17.7 Å². The Morgan fingerprint density at radius 2 is 2.22 bits per heavy atom. The van der Waals surface area contributed by atoms with E-state index in [0.29, 0.717) is 6.54 Å². The Morgan fingerprint density at radius 1 is 1.43 bits per heavy atom. The number of terminal acetylenes is 1. The first kappa shape index (κ1) is 17.4. The van der Waals surface area contributed by atoms with Gasteiger partial charge in [-0.3, -0.25) is 4.90 Å². The molecule has 0 spiro atoms. The molecule has 124 valence electrons. The minimum Gasteiger partial charge on any atom is -0.443 e. The second-order valence-electron chi connectivity index (χ2n) is 6.79. The van der Waals surface area contributed by atoms with Gasteiger partial charge in [-0.2, -0.15) is 0 Å². The number of nitrogens with one attached hydrogen (secondary N) is 1. The van der Waals surface area contributed by atoms with Crippen molar-refractivity contribution in [1.82, 2.24) is 5.32 Å². The number of unbranched alkanes of at least 4 members (excludes halogenated alkanes) is 1. The van der Waals surface area contributed by atoms with E-state index >= 15 is 0 Å². The Bertz CT molecular complexity index is 596. The van der Waals surface area contributed by atoms with Crippen molar-refractivity contribution in [2.24, 2.45) is 0 Å². The molecule has 0 fully saturated rings. The highest BCUT2D eigenvalue weighted by Gasteiger charge is 2.30. The van der Waals surface area contributed by atoms with Crippen molar-refractivity contribution < 1.29 is 9.53 Å². The molecule has 0 saturated carbocycles. The summed E-state index contributed by atoms with van der Waals surface area (Å²) in [7, 11) is 0. The molecule has 2 rings (SSSR count). The number of nitrogens with zero attached hydrogens (tertiary/aromatic N) is 1. The van der Waals surface area contributed by atoms with Crippen LogP contribution >= 0.6 is 0 Å². The first-order valence-corrected chi connectivity index (χ1v) is 8.18. The highest BCUT2D eigenvalue weighted by atomic mass is 16.6. The molecule has 0 aliphatic carbocycles. The maximum absolute atomic E-state index is 12.5. The van der Waals surface area contributed by atoms with E-state index in [-0.39, 0.29) is 6.09 Å². The Labute approximate surface area is 139 Å². The predicted octanol–water partition coefficient (Wildman–Crippen LogP) is 3.49. The van der Waals surface area contributed by atoms with Crippen molar-refractivity contribution in [3.05, 3.63) is 29.3 Å². The van der Waals surface area contributed by atoms with Gasteiger partial charge in [0.2, 0.25) is 0 Å². The van der Waals surface area contributed by atoms with Crippen LogP contribution in [0.15, 0.2) is 18.2 Å². The fraction of sp³-hybridized carbons (Fsp3) is 0.526. The summed E-state index contributed by atoms with van der Waals surface area (Å²) in [6.07, 6.45) is 7.61. The topological polar surface area (TPSA) is 41.6 Å². The van der Waals surface area contributed by atoms with Crippen LogP contribution in [0.4, 0.5) is 10.5 Å². The Balaban J connectivity index is 2.08. The number of para-hydroxylation sites is 1. The van der Waals surface area contributed by atoms with Gasteiger partial charge in [0.25, 0.3) is 0 Å². The predicted molar refractivity (Wildman–Crippen MR) is 93.5 cm³/mol. The lowest BCUT2D eigenvalue weighted by atomic mass is 10.1. The van der Waals surface area contributed by atoms with Crippen LogP contribution in [0.25, 0.3) is 0 Å². The molecule has 1 aliphatic heterocycles. The number of ether oxygens (including phenoxy) is 1. The standard InChI is InChI=1S/C19H26N2O2/c1-5-6-7-12-20-14-16-10-8-9-15-11-13-21(17(15)16)18(22)23-19(2,3)4/h1,8-10,20H,6-7,11-14H2,2-4H3. The summed E-state index contributed by atoms with van der Waals surface area (Å²) >= 11 is 0. The van der Waals surface area contributed by atoms with Crippen LogP contribution in [0.5, 0.6) is 0 Å². The number of anilines is 1. The molecule has 4 nitrogen and oxygen atoms in total. The molecule has 1 aromatic carbocycles. The molecule has 4 heteroatoms. The maximum atomic E-state index is 12.5. The fourth-order valence-corrected chi connectivity index (χ4v) is 2.72. The van der Waals surface area contributed by atoms with E-state index in [4.69, 9.17) is 11.2 Å². The van der Waals surface area contributed by atoms with Gasteiger partial charge in [0.15, 0.2) is 0 Å². The van der Waals surface area contributed by atoms with Gasteiger partial charge in [0, 0.05) is 19.5 Å². The van der Waals surface area contributed by atoms with Crippen molar-refractivity contribution >= 4 is 11.8 Å². The first-order chi connectivity index (χ1) is 10.9. The maximum Gasteiger partial charge on any atom is 0.414 e. The van der Waals surface area contributed by atoms with E-state index in [2.05, 4.69) is 29.4 Å². The zero-order chi connectivity index (χ0) is 16.9. The molecule has 1 aromatic rings. The zero-order valence-corrected chi connectivity index (χ0v) is 14.3. The van der Waals surface area contributed by atoms with Crippen LogP contribution in [0, 0.1) is 12.3 Å². The van der Waals surface area contributed by atoms with E-state index in [1.54, 1.807) is 4.90 Å². The number of hydrogen-bond donors (Lipinski definition) is 1. The monoisotopic (exact) mass is 314 g/mol. The van der Waals surface area contributed by atoms with Gasteiger partial charge in [0.1, 0.15) is 5.60 Å². The van der Waals surface area contributed by atoms with Gasteiger partial charge in [-0.25, -0.2) is 4.79 Å². The van der Waals surface area contributed by atoms with Crippen molar-refractivity contribution in [3.8, 4) is 12.3 Å². The van der Waals surface area contributed by atoms with Crippen molar-refractivity contribution in [3.63, 3.8) is 0 Å². The zero-order valence-electron chi connectivity index (χ0n) is 14.3. The van der Waals surface area contributed by atoms with Gasteiger partial charge in [0.05, 0.1) is 5.69 Å². The minimum absolute atomic E-state index is 0.268. The molecule has 0 unspecified atom stereocenters. The largest absolute Gasteiger partial charge is 0.443 e. The number of rotatable bonds is 5. The molecular formula is C19H26N2O2. The second kappa shape index (κ2) is 7.52. The highest BCUT2D eigenvalue weighted by molar-refractivity contribution is 5.91. The van der Waals surface area contributed by atoms with E-state index in [9.17, 15) is 4.79 Å². The summed E-state index contributed by atoms with van der Waals surface area (Å²) in [4.78, 5) is 14.2. The number of carbonyl (C=O) groups excluding carboxylic acids is 1. The summed E-state index contributed by atoms with van der Waals surface area (Å²) < 4.78 is 5.54. The third kappa shape index (κ3) is 4.74. The summed E-state index contributed by atoms with van der Waals surface area (Å²) in [6, 6.07) is 6.20. The van der Waals surface area contributed by atoms with Crippen LogP contribution < -0.4 is 10.2 Å². The average molecular weight is 314 g/mol. The van der Waals surface area contributed by atoms with Crippen LogP contribution in [0.3, 0.4) is 0 Å². The SMILES string of the molecule is C#CCCCNCc1cccc2c1N(C(=O)OC(C)(C)C)CC2. The normalized spacial score (nSPS) is 13.6. The fourth-order valence-electron chi connectivity index (χ4n) is 2.72. The van der Waals surface area contributed by atoms with Crippen molar-refractivity contribution in [2.75, 3.05) is 18.0 Å². The number of carbonyl (C=O) groups is 1. The van der Waals surface area contributed by atoms with Gasteiger partial charge in [-0.1, -0.05) is 18.2 Å². The second-order valence-corrected chi connectivity index (χ2v) is 6.79.